The first-order chi connectivity index (χ1) is 11.7. The van der Waals surface area contributed by atoms with E-state index in [-0.39, 0.29) is 11.8 Å². The zero-order valence-electron chi connectivity index (χ0n) is 13.7. The van der Waals surface area contributed by atoms with Crippen LogP contribution in [0.3, 0.4) is 0 Å². The first-order valence-electron chi connectivity index (χ1n) is 8.16. The van der Waals surface area contributed by atoms with E-state index < -0.39 is 0 Å². The van der Waals surface area contributed by atoms with E-state index >= 15 is 0 Å². The van der Waals surface area contributed by atoms with E-state index in [1.54, 1.807) is 0 Å². The number of hydrogen-bond donors (Lipinski definition) is 0. The zero-order valence-corrected chi connectivity index (χ0v) is 13.7. The lowest BCUT2D eigenvalue weighted by Crippen LogP contribution is -2.13. The molecule has 118 valence electrons. The van der Waals surface area contributed by atoms with Crippen molar-refractivity contribution in [1.29, 1.82) is 0 Å². The Labute approximate surface area is 140 Å². The Morgan fingerprint density at radius 3 is 2.46 bits per heavy atom. The molecule has 0 unspecified atom stereocenters. The molecule has 1 aromatic heterocycles. The van der Waals surface area contributed by atoms with Crippen LogP contribution < -0.4 is 0 Å². The lowest BCUT2D eigenvalue weighted by molar-refractivity contribution is 0.102. The summed E-state index contributed by atoms with van der Waals surface area (Å²) in [5.74, 6) is 0.472. The molecule has 0 amide bonds. The van der Waals surface area contributed by atoms with Gasteiger partial charge in [-0.15, -0.1) is 0 Å². The van der Waals surface area contributed by atoms with Crippen molar-refractivity contribution < 1.29 is 4.79 Å². The van der Waals surface area contributed by atoms with Crippen molar-refractivity contribution in [2.24, 2.45) is 0 Å². The van der Waals surface area contributed by atoms with Gasteiger partial charge in [-0.25, -0.2) is 4.98 Å². The average molecular weight is 314 g/mol. The number of ketones is 1. The second-order valence-corrected chi connectivity index (χ2v) is 6.24. The Bertz CT molecular complexity index is 1050. The highest BCUT2D eigenvalue weighted by atomic mass is 16.1. The minimum Gasteiger partial charge on any atom is -0.319 e. The third kappa shape index (κ3) is 2.21. The molecular formula is C21H18N2O. The van der Waals surface area contributed by atoms with Gasteiger partial charge < -0.3 is 4.57 Å². The predicted molar refractivity (Wildman–Crippen MR) is 97.5 cm³/mol. The van der Waals surface area contributed by atoms with Crippen molar-refractivity contribution >= 4 is 27.6 Å². The van der Waals surface area contributed by atoms with Crippen molar-refractivity contribution in [2.45, 2.75) is 19.9 Å². The molecule has 0 saturated carbocycles. The Morgan fingerprint density at radius 2 is 1.62 bits per heavy atom. The lowest BCUT2D eigenvalue weighted by atomic mass is 10.0. The minimum absolute atomic E-state index is 0.0308. The summed E-state index contributed by atoms with van der Waals surface area (Å²) in [6, 6.07) is 21.9. The molecule has 0 saturated heterocycles. The van der Waals surface area contributed by atoms with Crippen LogP contribution in [0.5, 0.6) is 0 Å². The van der Waals surface area contributed by atoms with Crippen LogP contribution in [-0.2, 0) is 0 Å². The molecule has 0 atom stereocenters. The van der Waals surface area contributed by atoms with Crippen LogP contribution in [0.2, 0.25) is 0 Å². The number of nitrogens with zero attached hydrogens (tertiary/aromatic N) is 2. The number of carbonyl (C=O) groups excluding carboxylic acids is 1. The first kappa shape index (κ1) is 14.6. The Hall–Kier alpha value is -2.94. The van der Waals surface area contributed by atoms with E-state index in [1.165, 1.54) is 0 Å². The molecule has 3 nitrogen and oxygen atoms in total. The highest BCUT2D eigenvalue weighted by Crippen LogP contribution is 2.26. The summed E-state index contributed by atoms with van der Waals surface area (Å²) < 4.78 is 2.03. The summed E-state index contributed by atoms with van der Waals surface area (Å²) in [5.41, 5.74) is 2.55. The number of imidazole rings is 1. The Kier molecular flexibility index (Phi) is 3.42. The number of carbonyl (C=O) groups is 1. The fraction of sp³-hybridized carbons (Fsp3) is 0.143. The molecule has 0 aliphatic heterocycles. The third-order valence-corrected chi connectivity index (χ3v) is 4.35. The summed E-state index contributed by atoms with van der Waals surface area (Å²) in [5, 5.41) is 2.03. The van der Waals surface area contributed by atoms with E-state index in [9.17, 15) is 4.79 Å². The van der Waals surface area contributed by atoms with Crippen LogP contribution in [0.4, 0.5) is 0 Å². The fourth-order valence-corrected chi connectivity index (χ4v) is 3.27. The number of rotatable bonds is 3. The van der Waals surface area contributed by atoms with Gasteiger partial charge in [-0.2, -0.15) is 0 Å². The number of hydrogen-bond acceptors (Lipinski definition) is 2. The van der Waals surface area contributed by atoms with Gasteiger partial charge in [-0.3, -0.25) is 4.79 Å². The fourth-order valence-electron chi connectivity index (χ4n) is 3.27. The zero-order chi connectivity index (χ0) is 16.7. The monoisotopic (exact) mass is 314 g/mol. The quantitative estimate of drug-likeness (QED) is 0.499. The Balaban J connectivity index is 1.97. The highest BCUT2D eigenvalue weighted by molar-refractivity contribution is 6.15. The molecule has 0 radical (unpaired) electrons. The van der Waals surface area contributed by atoms with Crippen molar-refractivity contribution in [1.82, 2.24) is 9.55 Å². The third-order valence-electron chi connectivity index (χ3n) is 4.35. The van der Waals surface area contributed by atoms with Gasteiger partial charge in [-0.1, -0.05) is 54.6 Å². The number of para-hydroxylation sites is 2. The minimum atomic E-state index is -0.0308. The van der Waals surface area contributed by atoms with Gasteiger partial charge in [-0.05, 0) is 36.8 Å². The summed E-state index contributed by atoms with van der Waals surface area (Å²) in [7, 11) is 0. The van der Waals surface area contributed by atoms with Crippen LogP contribution in [0.1, 0.15) is 36.1 Å². The summed E-state index contributed by atoms with van der Waals surface area (Å²) >= 11 is 0. The summed E-state index contributed by atoms with van der Waals surface area (Å²) in [6.07, 6.45) is 0. The SMILES string of the molecule is CC(C)n1c(C(=O)c2cccc3ccccc23)nc2ccccc21. The molecule has 0 spiro atoms. The van der Waals surface area contributed by atoms with E-state index in [0.29, 0.717) is 11.4 Å². The van der Waals surface area contributed by atoms with E-state index in [2.05, 4.69) is 18.8 Å². The smallest absolute Gasteiger partial charge is 0.229 e. The van der Waals surface area contributed by atoms with Gasteiger partial charge in [0.2, 0.25) is 5.78 Å². The second kappa shape index (κ2) is 5.60. The molecule has 24 heavy (non-hydrogen) atoms. The number of aromatic nitrogens is 2. The van der Waals surface area contributed by atoms with E-state index in [1.807, 2.05) is 71.3 Å². The van der Waals surface area contributed by atoms with Gasteiger partial charge in [0, 0.05) is 11.6 Å². The largest absolute Gasteiger partial charge is 0.319 e. The number of fused-ring (bicyclic) bond motifs is 2. The molecule has 0 fully saturated rings. The molecule has 4 rings (SSSR count). The standard InChI is InChI=1S/C21H18N2O/c1-14(2)23-19-13-6-5-12-18(19)22-21(23)20(24)17-11-7-9-15-8-3-4-10-16(15)17/h3-14H,1-2H3. The van der Waals surface area contributed by atoms with Gasteiger partial charge in [0.1, 0.15) is 0 Å². The first-order valence-corrected chi connectivity index (χ1v) is 8.16. The summed E-state index contributed by atoms with van der Waals surface area (Å²) in [6.45, 7) is 4.15. The van der Waals surface area contributed by atoms with E-state index in [4.69, 9.17) is 0 Å². The number of benzene rings is 3. The van der Waals surface area contributed by atoms with Crippen molar-refractivity contribution in [2.75, 3.05) is 0 Å². The molecule has 3 aromatic carbocycles. The normalized spacial score (nSPS) is 11.5. The van der Waals surface area contributed by atoms with Gasteiger partial charge >= 0.3 is 0 Å². The molecule has 0 aliphatic carbocycles. The molecule has 3 heteroatoms. The van der Waals surface area contributed by atoms with Gasteiger partial charge in [0.25, 0.3) is 0 Å². The van der Waals surface area contributed by atoms with Gasteiger partial charge in [0.05, 0.1) is 11.0 Å². The van der Waals surface area contributed by atoms with Crippen molar-refractivity contribution in [3.05, 3.63) is 78.1 Å². The lowest BCUT2D eigenvalue weighted by Gasteiger charge is -2.13. The molecule has 0 aliphatic rings. The predicted octanol–water partition coefficient (Wildman–Crippen LogP) is 5.00. The maximum absolute atomic E-state index is 13.3. The van der Waals surface area contributed by atoms with Crippen LogP contribution in [0.25, 0.3) is 21.8 Å². The maximum atomic E-state index is 13.3. The van der Waals surface area contributed by atoms with Crippen LogP contribution in [0, 0.1) is 0 Å². The molecule has 0 bridgehead atoms. The summed E-state index contributed by atoms with van der Waals surface area (Å²) in [4.78, 5) is 17.9. The molecule has 0 N–H and O–H groups in total. The molecular weight excluding hydrogens is 296 g/mol. The van der Waals surface area contributed by atoms with Crippen LogP contribution in [-0.4, -0.2) is 15.3 Å². The second-order valence-electron chi connectivity index (χ2n) is 6.24. The maximum Gasteiger partial charge on any atom is 0.229 e. The topological polar surface area (TPSA) is 34.9 Å². The average Bonchev–Trinajstić information content (AvgIpc) is 3.00. The van der Waals surface area contributed by atoms with Crippen molar-refractivity contribution in [3.8, 4) is 0 Å². The van der Waals surface area contributed by atoms with Gasteiger partial charge in [0.15, 0.2) is 5.82 Å². The van der Waals surface area contributed by atoms with Crippen molar-refractivity contribution in [3.63, 3.8) is 0 Å². The van der Waals surface area contributed by atoms with E-state index in [0.717, 1.165) is 21.8 Å². The molecule has 1 heterocycles. The molecule has 4 aromatic rings. The van der Waals surface area contributed by atoms with Crippen LogP contribution >= 0.6 is 0 Å². The van der Waals surface area contributed by atoms with Crippen LogP contribution in [0.15, 0.2) is 66.7 Å². The Morgan fingerprint density at radius 1 is 0.917 bits per heavy atom. The highest BCUT2D eigenvalue weighted by Gasteiger charge is 2.21.